The van der Waals surface area contributed by atoms with Gasteiger partial charge in [-0.1, -0.05) is 17.7 Å². The molecule has 166 valence electrons. The molecule has 1 fully saturated rings. The first-order valence-electron chi connectivity index (χ1n) is 9.20. The molecule has 2 heterocycles. The Morgan fingerprint density at radius 1 is 1.10 bits per heavy atom. The number of phenolic OH excluding ortho intramolecular Hbond substituents is 1. The molecular formula is C20H20ClNO9. The number of hydrogen-bond donors (Lipinski definition) is 5. The fraction of sp³-hybridized carbons (Fsp3) is 0.350. The Kier molecular flexibility index (Phi) is 7.21. The summed E-state index contributed by atoms with van der Waals surface area (Å²) >= 11 is 6.12. The van der Waals surface area contributed by atoms with Gasteiger partial charge in [-0.3, -0.25) is 14.6 Å². The van der Waals surface area contributed by atoms with Gasteiger partial charge in [0.1, 0.15) is 41.6 Å². The van der Waals surface area contributed by atoms with Crippen molar-refractivity contribution in [2.45, 2.75) is 37.1 Å². The first-order valence-corrected chi connectivity index (χ1v) is 9.57. The van der Waals surface area contributed by atoms with Crippen molar-refractivity contribution in [1.82, 2.24) is 4.98 Å². The lowest BCUT2D eigenvalue weighted by Gasteiger charge is -2.39. The van der Waals surface area contributed by atoms with Crippen LogP contribution < -0.4 is 4.74 Å². The molecule has 1 aromatic carbocycles. The normalized spacial score (nSPS) is 25.8. The van der Waals surface area contributed by atoms with Gasteiger partial charge in [-0.2, -0.15) is 0 Å². The molecule has 5 N–H and O–H groups in total. The number of ketones is 2. The molecule has 0 saturated carbocycles. The number of aromatic hydroxyl groups is 1. The average molecular weight is 454 g/mol. The number of nitrogens with zero attached hydrogens (tertiary/aromatic N) is 1. The van der Waals surface area contributed by atoms with Crippen LogP contribution >= 0.6 is 11.6 Å². The molecule has 10 nitrogen and oxygen atoms in total. The van der Waals surface area contributed by atoms with Gasteiger partial charge in [0.2, 0.25) is 6.29 Å². The molecule has 3 rings (SSSR count). The quantitative estimate of drug-likeness (QED) is 0.286. The number of rotatable bonds is 7. The zero-order valence-electron chi connectivity index (χ0n) is 16.0. The van der Waals surface area contributed by atoms with Crippen molar-refractivity contribution in [3.63, 3.8) is 0 Å². The van der Waals surface area contributed by atoms with Crippen molar-refractivity contribution in [1.29, 1.82) is 0 Å². The Labute approximate surface area is 181 Å². The van der Waals surface area contributed by atoms with Crippen molar-refractivity contribution < 1.29 is 44.6 Å². The van der Waals surface area contributed by atoms with Gasteiger partial charge in [0.05, 0.1) is 23.6 Å². The second-order valence-electron chi connectivity index (χ2n) is 6.85. The van der Waals surface area contributed by atoms with E-state index in [4.69, 9.17) is 21.1 Å². The number of pyridine rings is 1. The third-order valence-electron chi connectivity index (χ3n) is 4.71. The zero-order chi connectivity index (χ0) is 22.7. The highest BCUT2D eigenvalue weighted by Gasteiger charge is 2.45. The van der Waals surface area contributed by atoms with Gasteiger partial charge in [0.15, 0.2) is 11.6 Å². The van der Waals surface area contributed by atoms with E-state index in [-0.39, 0.29) is 22.0 Å². The molecule has 1 aliphatic heterocycles. The third-order valence-corrected chi connectivity index (χ3v) is 5.01. The Balaban J connectivity index is 1.76. The van der Waals surface area contributed by atoms with Crippen LogP contribution in [0.2, 0.25) is 5.02 Å². The van der Waals surface area contributed by atoms with Crippen LogP contribution in [0.15, 0.2) is 36.5 Å². The highest BCUT2D eigenvalue weighted by Crippen LogP contribution is 2.35. The second-order valence-corrected chi connectivity index (χ2v) is 7.26. The average Bonchev–Trinajstić information content (AvgIpc) is 2.76. The summed E-state index contributed by atoms with van der Waals surface area (Å²) in [6.45, 7) is -0.651. The molecule has 5 atom stereocenters. The Hall–Kier alpha value is -2.60. The summed E-state index contributed by atoms with van der Waals surface area (Å²) < 4.78 is 10.6. The Bertz CT molecular complexity index is 953. The number of carbonyl (C=O) groups is 2. The summed E-state index contributed by atoms with van der Waals surface area (Å²) in [5.41, 5.74) is -0.126. The van der Waals surface area contributed by atoms with Crippen LogP contribution in [0.1, 0.15) is 27.3 Å². The Morgan fingerprint density at radius 3 is 2.48 bits per heavy atom. The number of aromatic nitrogens is 1. The topological polar surface area (TPSA) is 167 Å². The first-order chi connectivity index (χ1) is 14.7. The fourth-order valence-corrected chi connectivity index (χ4v) is 3.21. The van der Waals surface area contributed by atoms with Gasteiger partial charge < -0.3 is 35.0 Å². The molecule has 0 aliphatic carbocycles. The minimum Gasteiger partial charge on any atom is -0.507 e. The third kappa shape index (κ3) is 5.01. The number of benzene rings is 1. The van der Waals surface area contributed by atoms with Crippen LogP contribution in [0.4, 0.5) is 0 Å². The first kappa shape index (κ1) is 23.1. The number of aliphatic hydroxyl groups excluding tert-OH is 4. The van der Waals surface area contributed by atoms with Crippen LogP contribution in [-0.2, 0) is 4.74 Å². The predicted molar refractivity (Wildman–Crippen MR) is 105 cm³/mol. The summed E-state index contributed by atoms with van der Waals surface area (Å²) in [6.07, 6.45) is -6.78. The standard InChI is InChI=1S/C20H20ClNO9/c21-10-5-9(12(24)6-14(26)11-3-1-2-4-22-11)13(25)7-15(10)30-20-19(29)18(28)17(27)16(8-23)31-20/h1-5,7,16-20,23,25,27-29H,6,8H2/t16-,17-,18+,19-,20-/m1/s1. The van der Waals surface area contributed by atoms with E-state index in [1.807, 2.05) is 0 Å². The SMILES string of the molecule is O=C(CC(=O)c1cc(Cl)c(O[C@@H]2O[C@H](CO)[C@@H](O)[C@H](O)[C@H]2O)cc1O)c1ccccn1. The molecule has 2 aromatic rings. The van der Waals surface area contributed by atoms with Crippen molar-refractivity contribution >= 4 is 23.2 Å². The summed E-state index contributed by atoms with van der Waals surface area (Å²) in [6, 6.07) is 6.76. The molecule has 1 aromatic heterocycles. The van der Waals surface area contributed by atoms with E-state index in [1.165, 1.54) is 12.3 Å². The van der Waals surface area contributed by atoms with Crippen molar-refractivity contribution in [3.05, 3.63) is 52.8 Å². The minimum atomic E-state index is -1.69. The number of ether oxygens (including phenoxy) is 2. The summed E-state index contributed by atoms with van der Waals surface area (Å²) in [7, 11) is 0. The van der Waals surface area contributed by atoms with E-state index < -0.39 is 61.0 Å². The molecule has 0 unspecified atom stereocenters. The maximum atomic E-state index is 12.5. The zero-order valence-corrected chi connectivity index (χ0v) is 16.7. The van der Waals surface area contributed by atoms with E-state index in [0.29, 0.717) is 0 Å². The van der Waals surface area contributed by atoms with Crippen LogP contribution in [0.5, 0.6) is 11.5 Å². The van der Waals surface area contributed by atoms with Crippen molar-refractivity contribution in [2.24, 2.45) is 0 Å². The number of aliphatic hydroxyl groups is 4. The lowest BCUT2D eigenvalue weighted by Crippen LogP contribution is -2.60. The molecule has 31 heavy (non-hydrogen) atoms. The van der Waals surface area contributed by atoms with Crippen LogP contribution in [-0.4, -0.2) is 79.4 Å². The summed E-state index contributed by atoms with van der Waals surface area (Å²) in [5.74, 6) is -1.98. The Morgan fingerprint density at radius 2 is 1.84 bits per heavy atom. The van der Waals surface area contributed by atoms with Gasteiger partial charge in [-0.25, -0.2) is 0 Å². The highest BCUT2D eigenvalue weighted by atomic mass is 35.5. The molecule has 1 saturated heterocycles. The molecule has 0 bridgehead atoms. The number of phenols is 1. The smallest absolute Gasteiger partial charge is 0.229 e. The van der Waals surface area contributed by atoms with E-state index in [2.05, 4.69) is 4.98 Å². The molecule has 0 spiro atoms. The van der Waals surface area contributed by atoms with Gasteiger partial charge >= 0.3 is 0 Å². The van der Waals surface area contributed by atoms with Gasteiger partial charge in [0, 0.05) is 12.3 Å². The number of halogens is 1. The van der Waals surface area contributed by atoms with E-state index >= 15 is 0 Å². The van der Waals surface area contributed by atoms with Crippen LogP contribution in [0.25, 0.3) is 0 Å². The largest absolute Gasteiger partial charge is 0.507 e. The summed E-state index contributed by atoms with van der Waals surface area (Å²) in [5, 5.41) is 49.0. The number of hydrogen-bond acceptors (Lipinski definition) is 10. The fourth-order valence-electron chi connectivity index (χ4n) is 3.01. The van der Waals surface area contributed by atoms with Gasteiger partial charge in [-0.15, -0.1) is 0 Å². The predicted octanol–water partition coefficient (Wildman–Crippen LogP) is 0.0750. The minimum absolute atomic E-state index is 0.101. The molecule has 1 aliphatic rings. The molecular weight excluding hydrogens is 434 g/mol. The van der Waals surface area contributed by atoms with E-state index in [9.17, 15) is 35.1 Å². The van der Waals surface area contributed by atoms with Gasteiger partial charge in [-0.05, 0) is 18.2 Å². The summed E-state index contributed by atoms with van der Waals surface area (Å²) in [4.78, 5) is 28.5. The van der Waals surface area contributed by atoms with Crippen molar-refractivity contribution in [3.8, 4) is 11.5 Å². The van der Waals surface area contributed by atoms with Crippen LogP contribution in [0, 0.1) is 0 Å². The molecule has 0 radical (unpaired) electrons. The molecule has 11 heteroatoms. The highest BCUT2D eigenvalue weighted by molar-refractivity contribution is 6.32. The van der Waals surface area contributed by atoms with E-state index in [0.717, 1.165) is 12.1 Å². The number of Topliss-reactive ketones (excluding diaryl/α,β-unsaturated/α-hetero) is 2. The monoisotopic (exact) mass is 453 g/mol. The van der Waals surface area contributed by atoms with E-state index in [1.54, 1.807) is 12.1 Å². The van der Waals surface area contributed by atoms with Crippen molar-refractivity contribution in [2.75, 3.05) is 6.61 Å². The van der Waals surface area contributed by atoms with Gasteiger partial charge in [0.25, 0.3) is 0 Å². The maximum Gasteiger partial charge on any atom is 0.229 e. The lowest BCUT2D eigenvalue weighted by atomic mass is 9.99. The number of carbonyl (C=O) groups excluding carboxylic acids is 2. The van der Waals surface area contributed by atoms with Crippen LogP contribution in [0.3, 0.4) is 0 Å². The molecule has 0 amide bonds. The maximum absolute atomic E-state index is 12.5. The lowest BCUT2D eigenvalue weighted by molar-refractivity contribution is -0.277. The second kappa shape index (κ2) is 9.69.